The van der Waals surface area contributed by atoms with Gasteiger partial charge in [0.1, 0.15) is 24.2 Å². The first-order valence-electron chi connectivity index (χ1n) is 7.84. The highest BCUT2D eigenvalue weighted by molar-refractivity contribution is 5.98. The third-order valence-electron chi connectivity index (χ3n) is 4.53. The average molecular weight is 347 g/mol. The van der Waals surface area contributed by atoms with Crippen molar-refractivity contribution in [2.75, 3.05) is 24.5 Å². The number of amides is 2. The van der Waals surface area contributed by atoms with Crippen LogP contribution in [0.25, 0.3) is 0 Å². The van der Waals surface area contributed by atoms with Crippen molar-refractivity contribution in [1.82, 2.24) is 20.4 Å². The zero-order valence-corrected chi connectivity index (χ0v) is 13.1. The monoisotopic (exact) mass is 347 g/mol. The first kappa shape index (κ1) is 15.7. The number of piperazine rings is 1. The van der Waals surface area contributed by atoms with Crippen molar-refractivity contribution in [3.05, 3.63) is 47.3 Å². The Kier molecular flexibility index (Phi) is 3.72. The van der Waals surface area contributed by atoms with Gasteiger partial charge in [0.05, 0.1) is 17.6 Å². The minimum absolute atomic E-state index is 0.0228. The molecule has 1 aromatic carbocycles. The second-order valence-electron chi connectivity index (χ2n) is 6.02. The molecule has 130 valence electrons. The molecule has 7 nitrogen and oxygen atoms in total. The van der Waals surface area contributed by atoms with E-state index in [-0.39, 0.29) is 31.2 Å². The van der Waals surface area contributed by atoms with Crippen LogP contribution in [0.2, 0.25) is 0 Å². The highest BCUT2D eigenvalue weighted by atomic mass is 19.1. The standard InChI is InChI=1S/C16H15F2N5O2/c17-9-1-2-13(11(18)5-9)23-4-3-22(8-14(23)24)16(25)15-10-6-20-21-12(10)7-19-15/h1-2,5-6,15,19H,3-4,7-8H2,(H,20,21). The summed E-state index contributed by atoms with van der Waals surface area (Å²) in [5, 5.41) is 9.83. The first-order valence-corrected chi connectivity index (χ1v) is 7.84. The molecule has 2 amide bonds. The first-order chi connectivity index (χ1) is 12.0. The van der Waals surface area contributed by atoms with Crippen LogP contribution in [0, 0.1) is 11.6 Å². The van der Waals surface area contributed by atoms with Crippen molar-refractivity contribution in [2.45, 2.75) is 12.6 Å². The molecule has 2 aliphatic heterocycles. The van der Waals surface area contributed by atoms with Gasteiger partial charge in [0.25, 0.3) is 0 Å². The molecule has 0 radical (unpaired) electrons. The molecule has 2 N–H and O–H groups in total. The second kappa shape index (κ2) is 5.92. The minimum atomic E-state index is -0.798. The van der Waals surface area contributed by atoms with Crippen LogP contribution in [-0.4, -0.2) is 46.5 Å². The topological polar surface area (TPSA) is 81.3 Å². The quantitative estimate of drug-likeness (QED) is 0.838. The van der Waals surface area contributed by atoms with Crippen LogP contribution in [0.5, 0.6) is 0 Å². The maximum atomic E-state index is 13.9. The molecule has 0 bridgehead atoms. The van der Waals surface area contributed by atoms with Crippen LogP contribution < -0.4 is 10.2 Å². The fourth-order valence-electron chi connectivity index (χ4n) is 3.25. The van der Waals surface area contributed by atoms with E-state index in [1.807, 2.05) is 0 Å². The van der Waals surface area contributed by atoms with Crippen molar-refractivity contribution in [2.24, 2.45) is 0 Å². The number of halogens is 2. The Morgan fingerprint density at radius 1 is 1.28 bits per heavy atom. The molecule has 0 saturated carbocycles. The minimum Gasteiger partial charge on any atom is -0.330 e. The fourth-order valence-corrected chi connectivity index (χ4v) is 3.25. The van der Waals surface area contributed by atoms with Crippen LogP contribution in [0.15, 0.2) is 24.4 Å². The number of H-pyrrole nitrogens is 1. The summed E-state index contributed by atoms with van der Waals surface area (Å²) in [6.45, 7) is 0.784. The largest absolute Gasteiger partial charge is 0.330 e. The normalized spacial score (nSPS) is 20.1. The number of hydrogen-bond acceptors (Lipinski definition) is 4. The van der Waals surface area contributed by atoms with E-state index in [0.29, 0.717) is 6.54 Å². The molecule has 0 spiro atoms. The predicted molar refractivity (Wildman–Crippen MR) is 83.5 cm³/mol. The lowest BCUT2D eigenvalue weighted by Gasteiger charge is -2.35. The summed E-state index contributed by atoms with van der Waals surface area (Å²) in [7, 11) is 0. The third kappa shape index (κ3) is 2.66. The Balaban J connectivity index is 1.48. The number of fused-ring (bicyclic) bond motifs is 1. The predicted octanol–water partition coefficient (Wildman–Crippen LogP) is 0.708. The summed E-state index contributed by atoms with van der Waals surface area (Å²) in [5.41, 5.74) is 1.66. The van der Waals surface area contributed by atoms with Gasteiger partial charge < -0.3 is 9.80 Å². The van der Waals surface area contributed by atoms with E-state index in [4.69, 9.17) is 0 Å². The van der Waals surface area contributed by atoms with E-state index in [1.54, 1.807) is 6.20 Å². The SMILES string of the molecule is O=C(C1NCc2[nH]ncc21)N1CCN(c2ccc(F)cc2F)C(=O)C1. The van der Waals surface area contributed by atoms with Gasteiger partial charge in [-0.05, 0) is 12.1 Å². The van der Waals surface area contributed by atoms with Crippen LogP contribution in [-0.2, 0) is 16.1 Å². The number of carbonyl (C=O) groups excluding carboxylic acids is 2. The second-order valence-corrected chi connectivity index (χ2v) is 6.02. The summed E-state index contributed by atoms with van der Waals surface area (Å²) < 4.78 is 26.9. The van der Waals surface area contributed by atoms with Crippen LogP contribution >= 0.6 is 0 Å². The van der Waals surface area contributed by atoms with Crippen molar-refractivity contribution < 1.29 is 18.4 Å². The Bertz CT molecular complexity index is 853. The molecule has 1 saturated heterocycles. The Morgan fingerprint density at radius 2 is 2.12 bits per heavy atom. The lowest BCUT2D eigenvalue weighted by atomic mass is 10.1. The molecule has 2 aliphatic rings. The fraction of sp³-hybridized carbons (Fsp3) is 0.312. The molecular formula is C16H15F2N5O2. The Hall–Kier alpha value is -2.81. The number of aromatic nitrogens is 2. The van der Waals surface area contributed by atoms with Gasteiger partial charge in [-0.3, -0.25) is 20.0 Å². The van der Waals surface area contributed by atoms with Crippen molar-refractivity contribution in [3.8, 4) is 0 Å². The summed E-state index contributed by atoms with van der Waals surface area (Å²) in [6, 6.07) is 2.54. The van der Waals surface area contributed by atoms with Gasteiger partial charge in [0.15, 0.2) is 0 Å². The van der Waals surface area contributed by atoms with Gasteiger partial charge in [-0.15, -0.1) is 0 Å². The molecule has 1 aromatic heterocycles. The molecular weight excluding hydrogens is 332 g/mol. The van der Waals surface area contributed by atoms with Gasteiger partial charge in [0.2, 0.25) is 11.8 Å². The van der Waals surface area contributed by atoms with E-state index >= 15 is 0 Å². The van der Waals surface area contributed by atoms with E-state index < -0.39 is 23.6 Å². The molecule has 1 fully saturated rings. The highest BCUT2D eigenvalue weighted by Crippen LogP contribution is 2.27. The molecule has 3 heterocycles. The zero-order valence-electron chi connectivity index (χ0n) is 13.1. The molecule has 2 aromatic rings. The number of anilines is 1. The number of rotatable bonds is 2. The smallest absolute Gasteiger partial charge is 0.246 e. The third-order valence-corrected chi connectivity index (χ3v) is 4.53. The van der Waals surface area contributed by atoms with Gasteiger partial charge in [-0.1, -0.05) is 0 Å². The molecule has 1 atom stereocenters. The molecule has 1 unspecified atom stereocenters. The molecule has 25 heavy (non-hydrogen) atoms. The molecule has 4 rings (SSSR count). The number of nitrogens with one attached hydrogen (secondary N) is 2. The van der Waals surface area contributed by atoms with Crippen LogP contribution in [0.1, 0.15) is 17.3 Å². The number of benzene rings is 1. The molecule has 0 aliphatic carbocycles. The van der Waals surface area contributed by atoms with E-state index in [0.717, 1.165) is 23.4 Å². The lowest BCUT2D eigenvalue weighted by molar-refractivity contribution is -0.138. The summed E-state index contributed by atoms with van der Waals surface area (Å²) in [5.74, 6) is -2.12. The number of hydrogen-bond donors (Lipinski definition) is 2. The number of nitrogens with zero attached hydrogens (tertiary/aromatic N) is 3. The maximum Gasteiger partial charge on any atom is 0.246 e. The summed E-state index contributed by atoms with van der Waals surface area (Å²) in [6.07, 6.45) is 1.60. The van der Waals surface area contributed by atoms with Crippen molar-refractivity contribution in [1.29, 1.82) is 0 Å². The lowest BCUT2D eigenvalue weighted by Crippen LogP contribution is -2.54. The van der Waals surface area contributed by atoms with Gasteiger partial charge >= 0.3 is 0 Å². The van der Waals surface area contributed by atoms with E-state index in [2.05, 4.69) is 15.5 Å². The van der Waals surface area contributed by atoms with Crippen molar-refractivity contribution >= 4 is 17.5 Å². The van der Waals surface area contributed by atoms with Gasteiger partial charge in [-0.25, -0.2) is 8.78 Å². The van der Waals surface area contributed by atoms with E-state index in [1.165, 1.54) is 15.9 Å². The zero-order chi connectivity index (χ0) is 17.6. The van der Waals surface area contributed by atoms with E-state index in [9.17, 15) is 18.4 Å². The van der Waals surface area contributed by atoms with Crippen LogP contribution in [0.3, 0.4) is 0 Å². The summed E-state index contributed by atoms with van der Waals surface area (Å²) >= 11 is 0. The maximum absolute atomic E-state index is 13.9. The number of carbonyl (C=O) groups is 2. The Morgan fingerprint density at radius 3 is 2.88 bits per heavy atom. The Labute approximate surface area is 141 Å². The van der Waals surface area contributed by atoms with Gasteiger partial charge in [0, 0.05) is 31.3 Å². The number of aromatic amines is 1. The van der Waals surface area contributed by atoms with Crippen molar-refractivity contribution in [3.63, 3.8) is 0 Å². The summed E-state index contributed by atoms with van der Waals surface area (Å²) in [4.78, 5) is 27.8. The molecule has 9 heteroatoms. The van der Waals surface area contributed by atoms with Crippen LogP contribution in [0.4, 0.5) is 14.5 Å². The van der Waals surface area contributed by atoms with Gasteiger partial charge in [-0.2, -0.15) is 5.10 Å². The highest BCUT2D eigenvalue weighted by Gasteiger charge is 2.36. The average Bonchev–Trinajstić information content (AvgIpc) is 3.18.